The maximum atomic E-state index is 9.96. The van der Waals surface area contributed by atoms with E-state index >= 15 is 0 Å². The van der Waals surface area contributed by atoms with Crippen LogP contribution in [0.2, 0.25) is 0 Å². The van der Waals surface area contributed by atoms with Gasteiger partial charge in [-0.2, -0.15) is 0 Å². The number of nitrogens with zero attached hydrogens (tertiary/aromatic N) is 1. The van der Waals surface area contributed by atoms with Crippen molar-refractivity contribution in [3.05, 3.63) is 34.3 Å². The molecule has 0 saturated heterocycles. The van der Waals surface area contributed by atoms with Gasteiger partial charge < -0.3 is 15.3 Å². The predicted molar refractivity (Wildman–Crippen MR) is 75.1 cm³/mol. The zero-order valence-corrected chi connectivity index (χ0v) is 12.1. The summed E-state index contributed by atoms with van der Waals surface area (Å²) < 4.78 is 1.00. The number of hydrogen-bond acceptors (Lipinski definition) is 3. The van der Waals surface area contributed by atoms with Crippen LogP contribution in [-0.2, 0) is 0 Å². The van der Waals surface area contributed by atoms with Crippen LogP contribution in [0.15, 0.2) is 28.7 Å². The van der Waals surface area contributed by atoms with Gasteiger partial charge >= 0.3 is 0 Å². The lowest BCUT2D eigenvalue weighted by molar-refractivity contribution is 0.174. The molecule has 0 heterocycles. The molecular formula is C13H21BrN2O. The van der Waals surface area contributed by atoms with Gasteiger partial charge in [0.15, 0.2) is 0 Å². The van der Waals surface area contributed by atoms with E-state index in [2.05, 4.69) is 40.2 Å². The Bertz CT molecular complexity index is 331. The van der Waals surface area contributed by atoms with Crippen LogP contribution in [0.3, 0.4) is 0 Å². The minimum atomic E-state index is -0.438. The lowest BCUT2D eigenvalue weighted by Crippen LogP contribution is -2.25. The van der Waals surface area contributed by atoms with Gasteiger partial charge in [0.2, 0.25) is 0 Å². The minimum absolute atomic E-state index is 0.438. The van der Waals surface area contributed by atoms with Crippen LogP contribution in [0.5, 0.6) is 0 Å². The fourth-order valence-corrected chi connectivity index (χ4v) is 2.01. The SMILES string of the molecule is CN(C)CCCNCC(O)c1cccc(Br)c1. The Balaban J connectivity index is 2.23. The Hall–Kier alpha value is -0.420. The van der Waals surface area contributed by atoms with Crippen molar-refractivity contribution in [2.45, 2.75) is 12.5 Å². The third-order valence-electron chi connectivity index (χ3n) is 2.53. The first-order valence-electron chi connectivity index (χ1n) is 5.88. The van der Waals surface area contributed by atoms with E-state index in [1.165, 1.54) is 0 Å². The molecule has 1 unspecified atom stereocenters. The van der Waals surface area contributed by atoms with E-state index in [1.807, 2.05) is 24.3 Å². The average Bonchev–Trinajstić information content (AvgIpc) is 2.28. The number of benzene rings is 1. The largest absolute Gasteiger partial charge is 0.387 e. The Morgan fingerprint density at radius 2 is 2.18 bits per heavy atom. The molecule has 1 aromatic rings. The molecule has 0 fully saturated rings. The molecule has 0 aromatic heterocycles. The molecule has 0 aliphatic rings. The van der Waals surface area contributed by atoms with E-state index in [4.69, 9.17) is 0 Å². The first-order valence-corrected chi connectivity index (χ1v) is 6.68. The van der Waals surface area contributed by atoms with Crippen LogP contribution in [0.1, 0.15) is 18.1 Å². The number of rotatable bonds is 7. The van der Waals surface area contributed by atoms with Crippen molar-refractivity contribution in [1.29, 1.82) is 0 Å². The van der Waals surface area contributed by atoms with Crippen molar-refractivity contribution >= 4 is 15.9 Å². The maximum absolute atomic E-state index is 9.96. The van der Waals surface area contributed by atoms with Crippen LogP contribution in [0.4, 0.5) is 0 Å². The van der Waals surface area contributed by atoms with Gasteiger partial charge in [0.1, 0.15) is 0 Å². The highest BCUT2D eigenvalue weighted by Gasteiger charge is 2.06. The summed E-state index contributed by atoms with van der Waals surface area (Å²) in [5, 5.41) is 13.2. The fourth-order valence-electron chi connectivity index (χ4n) is 1.59. The van der Waals surface area contributed by atoms with E-state index in [1.54, 1.807) is 0 Å². The summed E-state index contributed by atoms with van der Waals surface area (Å²) in [6.45, 7) is 2.60. The normalized spacial score (nSPS) is 13.0. The number of aliphatic hydroxyl groups is 1. The van der Waals surface area contributed by atoms with Gasteiger partial charge in [-0.05, 0) is 51.3 Å². The van der Waals surface area contributed by atoms with Crippen molar-refractivity contribution in [1.82, 2.24) is 10.2 Å². The maximum Gasteiger partial charge on any atom is 0.0914 e. The van der Waals surface area contributed by atoms with Gasteiger partial charge in [0, 0.05) is 11.0 Å². The molecule has 0 aliphatic carbocycles. The van der Waals surface area contributed by atoms with Crippen molar-refractivity contribution in [3.63, 3.8) is 0 Å². The highest BCUT2D eigenvalue weighted by molar-refractivity contribution is 9.10. The van der Waals surface area contributed by atoms with Crippen LogP contribution in [0, 0.1) is 0 Å². The Morgan fingerprint density at radius 3 is 2.82 bits per heavy atom. The number of nitrogens with one attached hydrogen (secondary N) is 1. The molecule has 0 radical (unpaired) electrons. The van der Waals surface area contributed by atoms with Gasteiger partial charge in [0.25, 0.3) is 0 Å². The summed E-state index contributed by atoms with van der Waals surface area (Å²) in [4.78, 5) is 2.16. The molecule has 0 saturated carbocycles. The van der Waals surface area contributed by atoms with Gasteiger partial charge in [0.05, 0.1) is 6.10 Å². The average molecular weight is 301 g/mol. The summed E-state index contributed by atoms with van der Waals surface area (Å²) in [6.07, 6.45) is 0.657. The molecule has 0 spiro atoms. The topological polar surface area (TPSA) is 35.5 Å². The highest BCUT2D eigenvalue weighted by Crippen LogP contribution is 2.17. The van der Waals surface area contributed by atoms with Crippen molar-refractivity contribution in [2.24, 2.45) is 0 Å². The Kier molecular flexibility index (Phi) is 6.73. The first kappa shape index (κ1) is 14.6. The number of halogens is 1. The van der Waals surface area contributed by atoms with Crippen LogP contribution in [-0.4, -0.2) is 43.7 Å². The number of hydrogen-bond donors (Lipinski definition) is 2. The minimum Gasteiger partial charge on any atom is -0.387 e. The Morgan fingerprint density at radius 1 is 1.41 bits per heavy atom. The fraction of sp³-hybridized carbons (Fsp3) is 0.538. The van der Waals surface area contributed by atoms with Crippen molar-refractivity contribution < 1.29 is 5.11 Å². The van der Waals surface area contributed by atoms with Crippen LogP contribution >= 0.6 is 15.9 Å². The summed E-state index contributed by atoms with van der Waals surface area (Å²) in [5.41, 5.74) is 0.944. The molecule has 0 bridgehead atoms. The van der Waals surface area contributed by atoms with Crippen LogP contribution in [0.25, 0.3) is 0 Å². The molecule has 1 atom stereocenters. The first-order chi connectivity index (χ1) is 8.09. The molecule has 2 N–H and O–H groups in total. The second-order valence-corrected chi connectivity index (χ2v) is 5.35. The van der Waals surface area contributed by atoms with Crippen LogP contribution < -0.4 is 5.32 Å². The zero-order chi connectivity index (χ0) is 12.7. The molecule has 1 aromatic carbocycles. The van der Waals surface area contributed by atoms with E-state index in [0.29, 0.717) is 6.54 Å². The van der Waals surface area contributed by atoms with E-state index < -0.39 is 6.10 Å². The molecular weight excluding hydrogens is 280 g/mol. The second kappa shape index (κ2) is 7.82. The molecule has 17 heavy (non-hydrogen) atoms. The van der Waals surface area contributed by atoms with E-state index in [-0.39, 0.29) is 0 Å². The van der Waals surface area contributed by atoms with Gasteiger partial charge in [-0.15, -0.1) is 0 Å². The number of aliphatic hydroxyl groups excluding tert-OH is 1. The lowest BCUT2D eigenvalue weighted by atomic mass is 10.1. The molecule has 0 amide bonds. The van der Waals surface area contributed by atoms with Crippen molar-refractivity contribution in [3.8, 4) is 0 Å². The van der Waals surface area contributed by atoms with Crippen molar-refractivity contribution in [2.75, 3.05) is 33.7 Å². The lowest BCUT2D eigenvalue weighted by Gasteiger charge is -2.13. The summed E-state index contributed by atoms with van der Waals surface area (Å²) in [5.74, 6) is 0. The zero-order valence-electron chi connectivity index (χ0n) is 10.5. The monoisotopic (exact) mass is 300 g/mol. The molecule has 0 aliphatic heterocycles. The van der Waals surface area contributed by atoms with E-state index in [9.17, 15) is 5.11 Å². The van der Waals surface area contributed by atoms with E-state index in [0.717, 1.165) is 29.5 Å². The molecule has 3 nitrogen and oxygen atoms in total. The van der Waals surface area contributed by atoms with Gasteiger partial charge in [-0.1, -0.05) is 28.1 Å². The molecule has 96 valence electrons. The van der Waals surface area contributed by atoms with Gasteiger partial charge in [-0.25, -0.2) is 0 Å². The third-order valence-corrected chi connectivity index (χ3v) is 3.02. The van der Waals surface area contributed by atoms with Gasteiger partial charge in [-0.3, -0.25) is 0 Å². The summed E-state index contributed by atoms with van der Waals surface area (Å²) in [7, 11) is 4.13. The second-order valence-electron chi connectivity index (χ2n) is 4.43. The summed E-state index contributed by atoms with van der Waals surface area (Å²) >= 11 is 3.40. The molecule has 4 heteroatoms. The molecule has 1 rings (SSSR count). The standard InChI is InChI=1S/C13H21BrN2O/c1-16(2)8-4-7-15-10-13(17)11-5-3-6-12(14)9-11/h3,5-6,9,13,15,17H,4,7-8,10H2,1-2H3. The quantitative estimate of drug-likeness (QED) is 0.756. The summed E-state index contributed by atoms with van der Waals surface area (Å²) in [6, 6.07) is 7.79. The smallest absolute Gasteiger partial charge is 0.0914 e. The third kappa shape index (κ3) is 6.17. The highest BCUT2D eigenvalue weighted by atomic mass is 79.9. The Labute approximate surface area is 112 Å². The predicted octanol–water partition coefficient (Wildman–Crippen LogP) is 2.02.